The number of allylic oxidation sites excluding steroid dienone is 2. The van der Waals surface area contributed by atoms with Gasteiger partial charge < -0.3 is 9.47 Å². The second kappa shape index (κ2) is 6.60. The number of benzene rings is 1. The Hall–Kier alpha value is -1.61. The Morgan fingerprint density at radius 2 is 2.00 bits per heavy atom. The molecule has 0 saturated heterocycles. The lowest BCUT2D eigenvalue weighted by Crippen LogP contribution is -2.39. The minimum Gasteiger partial charge on any atom is -0.468 e. The van der Waals surface area contributed by atoms with Crippen molar-refractivity contribution in [1.82, 2.24) is 0 Å². The first-order valence-corrected chi connectivity index (χ1v) is 9.36. The van der Waals surface area contributed by atoms with Crippen LogP contribution in [0.3, 0.4) is 0 Å². The number of methoxy groups -OCH3 is 1. The molecule has 3 rings (SSSR count). The van der Waals surface area contributed by atoms with Gasteiger partial charge in [0.2, 0.25) is 0 Å². The zero-order valence-electron chi connectivity index (χ0n) is 16.2. The maximum atomic E-state index is 12.9. The van der Waals surface area contributed by atoms with E-state index in [1.165, 1.54) is 29.5 Å². The van der Waals surface area contributed by atoms with Crippen molar-refractivity contribution in [3.63, 3.8) is 0 Å². The van der Waals surface area contributed by atoms with Crippen LogP contribution < -0.4 is 4.74 Å². The highest BCUT2D eigenvalue weighted by Gasteiger charge is 2.51. The molecule has 2 aliphatic carbocycles. The third kappa shape index (κ3) is 3.03. The normalized spacial score (nSPS) is 24.3. The monoisotopic (exact) mass is 342 g/mol. The van der Waals surface area contributed by atoms with Crippen molar-refractivity contribution in [3.05, 3.63) is 34.9 Å². The number of hydrogen-bond acceptors (Lipinski definition) is 3. The van der Waals surface area contributed by atoms with Gasteiger partial charge in [-0.3, -0.25) is 4.79 Å². The molecule has 0 N–H and O–H groups in total. The van der Waals surface area contributed by atoms with Crippen molar-refractivity contribution in [2.24, 2.45) is 10.8 Å². The number of fused-ring (bicyclic) bond motifs is 3. The number of Topliss-reactive ketones (excluding diaryl/α,β-unsaturated/α-hetero) is 1. The molecule has 1 aromatic rings. The molecular formula is C22H30O3. The van der Waals surface area contributed by atoms with Gasteiger partial charge in [0, 0.05) is 17.9 Å². The first-order valence-electron chi connectivity index (χ1n) is 9.36. The number of rotatable bonds is 6. The lowest BCUT2D eigenvalue weighted by molar-refractivity contribution is -0.125. The number of unbranched alkanes of at least 4 members (excludes halogenated alkanes) is 1. The van der Waals surface area contributed by atoms with E-state index in [0.29, 0.717) is 5.78 Å². The van der Waals surface area contributed by atoms with E-state index in [1.54, 1.807) is 7.11 Å². The summed E-state index contributed by atoms with van der Waals surface area (Å²) < 4.78 is 10.6. The Morgan fingerprint density at radius 1 is 1.24 bits per heavy atom. The maximum absolute atomic E-state index is 12.9. The molecule has 0 spiro atoms. The molecule has 0 radical (unpaired) electrons. The molecule has 0 aromatic heterocycles. The van der Waals surface area contributed by atoms with Crippen molar-refractivity contribution in [2.75, 3.05) is 13.9 Å². The molecule has 3 heteroatoms. The Labute approximate surface area is 151 Å². The van der Waals surface area contributed by atoms with Gasteiger partial charge in [-0.2, -0.15) is 0 Å². The number of carbonyl (C=O) groups is 1. The van der Waals surface area contributed by atoms with Crippen molar-refractivity contribution in [3.8, 4) is 5.75 Å². The fourth-order valence-electron chi connectivity index (χ4n) is 5.03. The molecule has 1 atom stereocenters. The van der Waals surface area contributed by atoms with E-state index in [-0.39, 0.29) is 17.6 Å². The van der Waals surface area contributed by atoms with Gasteiger partial charge in [-0.1, -0.05) is 39.7 Å². The van der Waals surface area contributed by atoms with Gasteiger partial charge in [0.05, 0.1) is 0 Å². The summed E-state index contributed by atoms with van der Waals surface area (Å²) in [6, 6.07) is 6.27. The van der Waals surface area contributed by atoms with Crippen molar-refractivity contribution in [1.29, 1.82) is 0 Å². The Morgan fingerprint density at radius 3 is 2.68 bits per heavy atom. The molecular weight excluding hydrogens is 312 g/mol. The molecule has 136 valence electrons. The summed E-state index contributed by atoms with van der Waals surface area (Å²) in [4.78, 5) is 12.9. The third-order valence-electron chi connectivity index (χ3n) is 5.87. The summed E-state index contributed by atoms with van der Waals surface area (Å²) in [5.41, 5.74) is 4.65. The quantitative estimate of drug-likeness (QED) is 0.669. The third-order valence-corrected chi connectivity index (χ3v) is 5.87. The van der Waals surface area contributed by atoms with Gasteiger partial charge in [-0.05, 0) is 60.6 Å². The highest BCUT2D eigenvalue weighted by Crippen LogP contribution is 2.60. The zero-order chi connectivity index (χ0) is 18.2. The number of carbonyl (C=O) groups excluding carboxylic acids is 1. The molecule has 3 nitrogen and oxygen atoms in total. The van der Waals surface area contributed by atoms with Crippen LogP contribution >= 0.6 is 0 Å². The summed E-state index contributed by atoms with van der Waals surface area (Å²) in [6.07, 6.45) is 5.48. The van der Waals surface area contributed by atoms with Crippen molar-refractivity contribution >= 4 is 11.4 Å². The predicted octanol–water partition coefficient (Wildman–Crippen LogP) is 5.17. The second-order valence-electron chi connectivity index (χ2n) is 8.32. The van der Waals surface area contributed by atoms with E-state index in [9.17, 15) is 4.79 Å². The number of hydrogen-bond donors (Lipinski definition) is 0. The summed E-state index contributed by atoms with van der Waals surface area (Å²) in [5.74, 6) is 1.15. The fourth-order valence-corrected chi connectivity index (χ4v) is 5.03. The van der Waals surface area contributed by atoms with Crippen LogP contribution in [0.4, 0.5) is 0 Å². The number of ketones is 1. The van der Waals surface area contributed by atoms with Crippen LogP contribution in [-0.2, 0) is 16.0 Å². The lowest BCUT2D eigenvalue weighted by Gasteiger charge is -2.43. The van der Waals surface area contributed by atoms with E-state index in [0.717, 1.165) is 30.6 Å². The van der Waals surface area contributed by atoms with Crippen molar-refractivity contribution in [2.45, 2.75) is 59.8 Å². The topological polar surface area (TPSA) is 35.5 Å². The molecule has 1 unspecified atom stereocenters. The molecule has 25 heavy (non-hydrogen) atoms. The van der Waals surface area contributed by atoms with Gasteiger partial charge >= 0.3 is 0 Å². The van der Waals surface area contributed by atoms with Crippen molar-refractivity contribution < 1.29 is 14.3 Å². The average molecular weight is 342 g/mol. The van der Waals surface area contributed by atoms with Gasteiger partial charge in [0.25, 0.3) is 0 Å². The first-order chi connectivity index (χ1) is 11.8. The molecule has 1 aromatic carbocycles. The molecule has 2 aliphatic rings. The van der Waals surface area contributed by atoms with E-state index in [2.05, 4.69) is 32.9 Å². The smallest absolute Gasteiger partial charge is 0.188 e. The largest absolute Gasteiger partial charge is 0.468 e. The van der Waals surface area contributed by atoms with Crippen LogP contribution in [0.1, 0.15) is 64.5 Å². The van der Waals surface area contributed by atoms with Gasteiger partial charge in [0.15, 0.2) is 12.6 Å². The minimum atomic E-state index is -0.279. The van der Waals surface area contributed by atoms with E-state index in [1.807, 2.05) is 13.0 Å². The first kappa shape index (κ1) is 18.2. The molecule has 0 aliphatic heterocycles. The zero-order valence-corrected chi connectivity index (χ0v) is 16.2. The van der Waals surface area contributed by atoms with E-state index < -0.39 is 0 Å². The highest BCUT2D eigenvalue weighted by molar-refractivity contribution is 6.09. The van der Waals surface area contributed by atoms with Gasteiger partial charge in [0.1, 0.15) is 5.75 Å². The Bertz CT molecular complexity index is 714. The molecule has 0 heterocycles. The van der Waals surface area contributed by atoms with Gasteiger partial charge in [-0.25, -0.2) is 0 Å². The average Bonchev–Trinajstić information content (AvgIpc) is 2.88. The Kier molecular flexibility index (Phi) is 4.80. The number of ether oxygens (including phenoxy) is 2. The van der Waals surface area contributed by atoms with Crippen LogP contribution in [0.2, 0.25) is 0 Å². The summed E-state index contributed by atoms with van der Waals surface area (Å²) in [5, 5.41) is 0. The summed E-state index contributed by atoms with van der Waals surface area (Å²) in [7, 11) is 1.63. The SMILES string of the molecule is CCCCC12Cc3cc(OCOC)ccc3C1=C(C)C(=O)C(C)(C)C2. The fraction of sp³-hybridized carbons (Fsp3) is 0.591. The van der Waals surface area contributed by atoms with Crippen LogP contribution in [0, 0.1) is 10.8 Å². The van der Waals surface area contributed by atoms with E-state index >= 15 is 0 Å². The highest BCUT2D eigenvalue weighted by atomic mass is 16.7. The second-order valence-corrected chi connectivity index (χ2v) is 8.32. The molecule has 0 saturated carbocycles. The minimum absolute atomic E-state index is 0.0969. The lowest BCUT2D eigenvalue weighted by atomic mass is 9.59. The summed E-state index contributed by atoms with van der Waals surface area (Å²) >= 11 is 0. The molecule has 0 bridgehead atoms. The maximum Gasteiger partial charge on any atom is 0.188 e. The van der Waals surface area contributed by atoms with Crippen LogP contribution in [0.15, 0.2) is 23.8 Å². The molecule has 0 amide bonds. The predicted molar refractivity (Wildman–Crippen MR) is 101 cm³/mol. The summed E-state index contributed by atoms with van der Waals surface area (Å²) in [6.45, 7) is 8.75. The van der Waals surface area contributed by atoms with Crippen LogP contribution in [0.25, 0.3) is 5.57 Å². The molecule has 0 fully saturated rings. The van der Waals surface area contributed by atoms with Crippen LogP contribution in [-0.4, -0.2) is 19.7 Å². The Balaban J connectivity index is 2.08. The van der Waals surface area contributed by atoms with Gasteiger partial charge in [-0.15, -0.1) is 0 Å². The van der Waals surface area contributed by atoms with E-state index in [4.69, 9.17) is 9.47 Å². The standard InChI is InChI=1S/C22H30O3/c1-6-7-10-22-12-16-11-17(25-14-24-5)8-9-18(16)19(22)15(2)20(23)21(3,4)13-22/h8-9,11H,6-7,10,12-14H2,1-5H3. The van der Waals surface area contributed by atoms with Crippen LogP contribution in [0.5, 0.6) is 5.75 Å².